The molecule has 5 nitrogen and oxygen atoms in total. The Hall–Kier alpha value is -1.30. The number of amides is 1. The lowest BCUT2D eigenvalue weighted by Crippen LogP contribution is -2.36. The highest BCUT2D eigenvalue weighted by molar-refractivity contribution is 6.32. The van der Waals surface area contributed by atoms with Crippen LogP contribution < -0.4 is 15.4 Å². The third-order valence-electron chi connectivity index (χ3n) is 2.63. The van der Waals surface area contributed by atoms with Gasteiger partial charge in [-0.15, -0.1) is 0 Å². The molecular weight excluding hydrogens is 292 g/mol. The van der Waals surface area contributed by atoms with Crippen molar-refractivity contribution in [2.45, 2.75) is 32.4 Å². The standard InChI is InChI=1S/C15H23ClN2O3/c1-11(2)18-15(20)7-8-17-9-12(19)10-21-14-6-4-3-5-13(14)16/h3-6,11-12,17,19H,7-10H2,1-2H3,(H,18,20). The minimum Gasteiger partial charge on any atom is -0.489 e. The van der Waals surface area contributed by atoms with Gasteiger partial charge >= 0.3 is 0 Å². The molecule has 0 aliphatic carbocycles. The van der Waals surface area contributed by atoms with Gasteiger partial charge in [-0.3, -0.25) is 4.79 Å². The lowest BCUT2D eigenvalue weighted by atomic mass is 10.3. The summed E-state index contributed by atoms with van der Waals surface area (Å²) in [5.41, 5.74) is 0. The number of rotatable bonds is 9. The lowest BCUT2D eigenvalue weighted by Gasteiger charge is -2.14. The molecule has 1 aromatic rings. The summed E-state index contributed by atoms with van der Waals surface area (Å²) in [6, 6.07) is 7.26. The number of aliphatic hydroxyl groups excluding tert-OH is 1. The second kappa shape index (κ2) is 9.60. The highest BCUT2D eigenvalue weighted by atomic mass is 35.5. The number of hydrogen-bond acceptors (Lipinski definition) is 4. The van der Waals surface area contributed by atoms with Crippen molar-refractivity contribution < 1.29 is 14.6 Å². The fourth-order valence-electron chi connectivity index (χ4n) is 1.67. The quantitative estimate of drug-likeness (QED) is 0.605. The molecule has 3 N–H and O–H groups in total. The maximum Gasteiger partial charge on any atom is 0.221 e. The van der Waals surface area contributed by atoms with Crippen LogP contribution in [0.15, 0.2) is 24.3 Å². The van der Waals surface area contributed by atoms with Gasteiger partial charge < -0.3 is 20.5 Å². The van der Waals surface area contributed by atoms with Gasteiger partial charge in [-0.1, -0.05) is 23.7 Å². The van der Waals surface area contributed by atoms with Crippen molar-refractivity contribution in [1.29, 1.82) is 0 Å². The van der Waals surface area contributed by atoms with Crippen LogP contribution in [0.1, 0.15) is 20.3 Å². The van der Waals surface area contributed by atoms with Crippen LogP contribution in [0.2, 0.25) is 5.02 Å². The van der Waals surface area contributed by atoms with Gasteiger partial charge in [-0.25, -0.2) is 0 Å². The van der Waals surface area contributed by atoms with Crippen molar-refractivity contribution in [2.24, 2.45) is 0 Å². The van der Waals surface area contributed by atoms with E-state index in [-0.39, 0.29) is 18.6 Å². The molecule has 0 bridgehead atoms. The molecule has 1 atom stereocenters. The number of hydrogen-bond donors (Lipinski definition) is 3. The zero-order chi connectivity index (χ0) is 15.7. The van der Waals surface area contributed by atoms with Crippen molar-refractivity contribution in [1.82, 2.24) is 10.6 Å². The Morgan fingerprint density at radius 2 is 2.10 bits per heavy atom. The highest BCUT2D eigenvalue weighted by Gasteiger charge is 2.08. The van der Waals surface area contributed by atoms with E-state index >= 15 is 0 Å². The Morgan fingerprint density at radius 1 is 1.38 bits per heavy atom. The number of nitrogens with one attached hydrogen (secondary N) is 2. The minimum atomic E-state index is -0.658. The molecule has 1 unspecified atom stereocenters. The largest absolute Gasteiger partial charge is 0.489 e. The van der Waals surface area contributed by atoms with Gasteiger partial charge in [-0.2, -0.15) is 0 Å². The topological polar surface area (TPSA) is 70.6 Å². The average Bonchev–Trinajstić information content (AvgIpc) is 2.42. The minimum absolute atomic E-state index is 0.000642. The Labute approximate surface area is 130 Å². The number of carbonyl (C=O) groups is 1. The van der Waals surface area contributed by atoms with Crippen molar-refractivity contribution in [3.8, 4) is 5.75 Å². The first-order chi connectivity index (χ1) is 9.99. The molecule has 0 saturated heterocycles. The smallest absolute Gasteiger partial charge is 0.221 e. The normalized spacial score (nSPS) is 12.2. The molecule has 1 aromatic carbocycles. The molecule has 0 aliphatic heterocycles. The molecule has 0 spiro atoms. The Bertz CT molecular complexity index is 441. The van der Waals surface area contributed by atoms with E-state index in [9.17, 15) is 9.90 Å². The van der Waals surface area contributed by atoms with E-state index in [1.54, 1.807) is 12.1 Å². The van der Waals surface area contributed by atoms with Gasteiger partial charge in [0.15, 0.2) is 0 Å². The first-order valence-corrected chi connectivity index (χ1v) is 7.42. The van der Waals surface area contributed by atoms with Gasteiger partial charge in [0.05, 0.1) is 5.02 Å². The van der Waals surface area contributed by atoms with Gasteiger partial charge in [0.1, 0.15) is 18.5 Å². The second-order valence-corrected chi connectivity index (χ2v) is 5.48. The van der Waals surface area contributed by atoms with Gasteiger partial charge in [0, 0.05) is 25.6 Å². The SMILES string of the molecule is CC(C)NC(=O)CCNCC(O)COc1ccccc1Cl. The molecule has 6 heteroatoms. The molecule has 0 aromatic heterocycles. The number of halogens is 1. The number of carbonyl (C=O) groups excluding carboxylic acids is 1. The van der Waals surface area contributed by atoms with E-state index in [1.807, 2.05) is 26.0 Å². The number of aliphatic hydroxyl groups is 1. The predicted molar refractivity (Wildman–Crippen MR) is 83.7 cm³/mol. The zero-order valence-corrected chi connectivity index (χ0v) is 13.2. The summed E-state index contributed by atoms with van der Waals surface area (Å²) in [5, 5.41) is 16.1. The third kappa shape index (κ3) is 7.90. The summed E-state index contributed by atoms with van der Waals surface area (Å²) in [4.78, 5) is 11.4. The maximum absolute atomic E-state index is 11.4. The summed E-state index contributed by atoms with van der Waals surface area (Å²) >= 11 is 5.94. The van der Waals surface area contributed by atoms with E-state index in [4.69, 9.17) is 16.3 Å². The van der Waals surface area contributed by atoms with E-state index < -0.39 is 6.10 Å². The fraction of sp³-hybridized carbons (Fsp3) is 0.533. The summed E-state index contributed by atoms with van der Waals surface area (Å²) in [6.45, 7) is 4.86. The lowest BCUT2D eigenvalue weighted by molar-refractivity contribution is -0.121. The summed E-state index contributed by atoms with van der Waals surface area (Å²) in [6.07, 6.45) is -0.273. The number of benzene rings is 1. The van der Waals surface area contributed by atoms with Crippen LogP contribution in [0.5, 0.6) is 5.75 Å². The van der Waals surface area contributed by atoms with Crippen molar-refractivity contribution >= 4 is 17.5 Å². The molecule has 0 saturated carbocycles. The fourth-order valence-corrected chi connectivity index (χ4v) is 1.86. The maximum atomic E-state index is 11.4. The average molecular weight is 315 g/mol. The Morgan fingerprint density at radius 3 is 2.76 bits per heavy atom. The van der Waals surface area contributed by atoms with E-state index in [2.05, 4.69) is 10.6 Å². The van der Waals surface area contributed by atoms with Gasteiger partial charge in [0.2, 0.25) is 5.91 Å². The molecule has 1 amide bonds. The molecule has 0 aliphatic rings. The molecular formula is C15H23ClN2O3. The van der Waals surface area contributed by atoms with E-state index in [1.165, 1.54) is 0 Å². The van der Waals surface area contributed by atoms with Crippen LogP contribution in [0, 0.1) is 0 Å². The van der Waals surface area contributed by atoms with Crippen LogP contribution in [-0.2, 0) is 4.79 Å². The molecule has 118 valence electrons. The second-order valence-electron chi connectivity index (χ2n) is 5.07. The highest BCUT2D eigenvalue weighted by Crippen LogP contribution is 2.22. The molecule has 21 heavy (non-hydrogen) atoms. The molecule has 0 heterocycles. The van der Waals surface area contributed by atoms with Crippen LogP contribution >= 0.6 is 11.6 Å². The van der Waals surface area contributed by atoms with Crippen LogP contribution in [0.25, 0.3) is 0 Å². The Balaban J connectivity index is 2.13. The van der Waals surface area contributed by atoms with Crippen LogP contribution in [0.4, 0.5) is 0 Å². The summed E-state index contributed by atoms with van der Waals surface area (Å²) in [7, 11) is 0. The third-order valence-corrected chi connectivity index (χ3v) is 2.94. The first kappa shape index (κ1) is 17.8. The van der Waals surface area contributed by atoms with Gasteiger partial charge in [-0.05, 0) is 26.0 Å². The predicted octanol–water partition coefficient (Wildman–Crippen LogP) is 1.58. The summed E-state index contributed by atoms with van der Waals surface area (Å²) in [5.74, 6) is 0.550. The van der Waals surface area contributed by atoms with Crippen molar-refractivity contribution in [3.63, 3.8) is 0 Å². The van der Waals surface area contributed by atoms with Gasteiger partial charge in [0.25, 0.3) is 0 Å². The summed E-state index contributed by atoms with van der Waals surface area (Å²) < 4.78 is 5.43. The van der Waals surface area contributed by atoms with E-state index in [0.717, 1.165) is 0 Å². The first-order valence-electron chi connectivity index (χ1n) is 7.04. The monoisotopic (exact) mass is 314 g/mol. The molecule has 1 rings (SSSR count). The molecule has 0 fully saturated rings. The van der Waals surface area contributed by atoms with E-state index in [0.29, 0.717) is 30.3 Å². The number of ether oxygens (including phenoxy) is 1. The molecule has 0 radical (unpaired) electrons. The zero-order valence-electron chi connectivity index (χ0n) is 12.4. The van der Waals surface area contributed by atoms with Crippen molar-refractivity contribution in [2.75, 3.05) is 19.7 Å². The van der Waals surface area contributed by atoms with Crippen LogP contribution in [-0.4, -0.2) is 42.9 Å². The Kier molecular flexibility index (Phi) is 8.12. The van der Waals surface area contributed by atoms with Crippen molar-refractivity contribution in [3.05, 3.63) is 29.3 Å². The number of para-hydroxylation sites is 1. The van der Waals surface area contributed by atoms with Crippen LogP contribution in [0.3, 0.4) is 0 Å².